The third-order valence-electron chi connectivity index (χ3n) is 3.70. The van der Waals surface area contributed by atoms with Gasteiger partial charge in [0.2, 0.25) is 0 Å². The molecule has 20 heavy (non-hydrogen) atoms. The molecule has 1 aliphatic rings. The van der Waals surface area contributed by atoms with Gasteiger partial charge in [0.15, 0.2) is 0 Å². The van der Waals surface area contributed by atoms with Gasteiger partial charge in [-0.25, -0.2) is 0 Å². The molecule has 0 spiro atoms. The van der Waals surface area contributed by atoms with Gasteiger partial charge in [-0.1, -0.05) is 70.8 Å². The molecule has 116 valence electrons. The summed E-state index contributed by atoms with van der Waals surface area (Å²) in [6.45, 7) is 7.98. The van der Waals surface area contributed by atoms with E-state index in [-0.39, 0.29) is 0 Å². The van der Waals surface area contributed by atoms with Crippen LogP contribution in [0.5, 0.6) is 0 Å². The molecule has 1 atom stereocenters. The number of hydrogen-bond donors (Lipinski definition) is 0. The lowest BCUT2D eigenvalue weighted by Gasteiger charge is -2.17. The first-order valence-corrected chi connectivity index (χ1v) is 8.49. The van der Waals surface area contributed by atoms with Gasteiger partial charge in [0.25, 0.3) is 0 Å². The molecule has 1 heteroatoms. The Morgan fingerprint density at radius 1 is 0.900 bits per heavy atom. The standard InChI is InChI=1S/C19H34O/c1-19(2,3)16-14-12-10-8-6-4-5-7-9-11-13-15-18-17-20-18/h5,7,11,13,18H,4,6,8-10,12,14-17H2,1-3H3/b7-5-,13-11-. The molecule has 1 unspecified atom stereocenters. The Morgan fingerprint density at radius 3 is 2.25 bits per heavy atom. The highest BCUT2D eigenvalue weighted by Gasteiger charge is 2.19. The lowest BCUT2D eigenvalue weighted by Crippen LogP contribution is -2.03. The van der Waals surface area contributed by atoms with Crippen LogP contribution in [-0.4, -0.2) is 12.7 Å². The van der Waals surface area contributed by atoms with Crippen molar-refractivity contribution in [3.63, 3.8) is 0 Å². The van der Waals surface area contributed by atoms with Crippen LogP contribution in [0.4, 0.5) is 0 Å². The molecule has 0 bridgehead atoms. The summed E-state index contributed by atoms with van der Waals surface area (Å²) in [5.41, 5.74) is 0.516. The fourth-order valence-corrected chi connectivity index (χ4v) is 2.29. The number of rotatable bonds is 11. The van der Waals surface area contributed by atoms with Crippen molar-refractivity contribution in [1.82, 2.24) is 0 Å². The second-order valence-electron chi connectivity index (χ2n) is 7.24. The molecule has 0 aromatic carbocycles. The minimum atomic E-state index is 0.516. The van der Waals surface area contributed by atoms with E-state index in [1.807, 2.05) is 0 Å². The molecule has 0 N–H and O–H groups in total. The first-order valence-electron chi connectivity index (χ1n) is 8.49. The molecule has 1 fully saturated rings. The molecule has 1 rings (SSSR count). The van der Waals surface area contributed by atoms with Crippen LogP contribution in [0.2, 0.25) is 0 Å². The molecule has 1 aliphatic heterocycles. The molecule has 1 saturated heterocycles. The second-order valence-corrected chi connectivity index (χ2v) is 7.24. The van der Waals surface area contributed by atoms with Gasteiger partial charge in [-0.15, -0.1) is 0 Å². The summed E-state index contributed by atoms with van der Waals surface area (Å²) < 4.78 is 5.16. The minimum Gasteiger partial charge on any atom is -0.373 e. The zero-order valence-electron chi connectivity index (χ0n) is 13.9. The number of epoxide rings is 1. The van der Waals surface area contributed by atoms with Crippen molar-refractivity contribution in [2.75, 3.05) is 6.61 Å². The highest BCUT2D eigenvalue weighted by molar-refractivity contribution is 4.94. The predicted molar refractivity (Wildman–Crippen MR) is 89.0 cm³/mol. The molecule has 0 aromatic heterocycles. The van der Waals surface area contributed by atoms with Crippen molar-refractivity contribution in [3.05, 3.63) is 24.3 Å². The number of allylic oxidation sites excluding steroid dienone is 3. The van der Waals surface area contributed by atoms with Crippen molar-refractivity contribution < 1.29 is 4.74 Å². The average Bonchev–Trinajstić information content (AvgIpc) is 3.17. The van der Waals surface area contributed by atoms with Gasteiger partial charge in [0, 0.05) is 0 Å². The summed E-state index contributed by atoms with van der Waals surface area (Å²) in [6.07, 6.45) is 21.4. The summed E-state index contributed by atoms with van der Waals surface area (Å²) in [7, 11) is 0. The summed E-state index contributed by atoms with van der Waals surface area (Å²) >= 11 is 0. The number of ether oxygens (including phenoxy) is 1. The van der Waals surface area contributed by atoms with Gasteiger partial charge >= 0.3 is 0 Å². The normalized spacial score (nSPS) is 19.2. The lowest BCUT2D eigenvalue weighted by atomic mass is 9.89. The Balaban J connectivity index is 1.78. The fraction of sp³-hybridized carbons (Fsp3) is 0.789. The highest BCUT2D eigenvalue weighted by atomic mass is 16.6. The number of unbranched alkanes of at least 4 members (excludes halogenated alkanes) is 5. The topological polar surface area (TPSA) is 12.5 Å². The predicted octanol–water partition coefficient (Wildman–Crippen LogP) is 6.05. The molecule has 0 amide bonds. The van der Waals surface area contributed by atoms with Crippen LogP contribution in [0.15, 0.2) is 24.3 Å². The SMILES string of the molecule is CC(C)(C)CCCCCCC/C=C\C/C=C\CC1CO1. The largest absolute Gasteiger partial charge is 0.373 e. The van der Waals surface area contributed by atoms with Crippen LogP contribution in [0.3, 0.4) is 0 Å². The molecule has 1 heterocycles. The Kier molecular flexibility index (Phi) is 8.93. The Labute approximate surface area is 126 Å². The maximum absolute atomic E-state index is 5.16. The van der Waals surface area contributed by atoms with E-state index in [0.29, 0.717) is 11.5 Å². The van der Waals surface area contributed by atoms with E-state index < -0.39 is 0 Å². The molecular weight excluding hydrogens is 244 g/mol. The van der Waals surface area contributed by atoms with Gasteiger partial charge in [0.05, 0.1) is 12.7 Å². The van der Waals surface area contributed by atoms with Gasteiger partial charge in [-0.3, -0.25) is 0 Å². The number of hydrogen-bond acceptors (Lipinski definition) is 1. The summed E-state index contributed by atoms with van der Waals surface area (Å²) in [5.74, 6) is 0. The van der Waals surface area contributed by atoms with Crippen LogP contribution in [0.1, 0.15) is 78.6 Å². The zero-order chi connectivity index (χ0) is 14.7. The van der Waals surface area contributed by atoms with Gasteiger partial charge in [0.1, 0.15) is 0 Å². The smallest absolute Gasteiger partial charge is 0.0844 e. The van der Waals surface area contributed by atoms with E-state index >= 15 is 0 Å². The third kappa shape index (κ3) is 12.5. The first-order chi connectivity index (χ1) is 9.58. The highest BCUT2D eigenvalue weighted by Crippen LogP contribution is 2.22. The van der Waals surface area contributed by atoms with E-state index in [2.05, 4.69) is 45.1 Å². The van der Waals surface area contributed by atoms with Crippen LogP contribution in [-0.2, 0) is 4.74 Å². The van der Waals surface area contributed by atoms with E-state index in [9.17, 15) is 0 Å². The molecule has 0 aliphatic carbocycles. The van der Waals surface area contributed by atoms with E-state index in [4.69, 9.17) is 4.74 Å². The van der Waals surface area contributed by atoms with Crippen molar-refractivity contribution in [2.24, 2.45) is 5.41 Å². The monoisotopic (exact) mass is 278 g/mol. The van der Waals surface area contributed by atoms with Crippen molar-refractivity contribution in [3.8, 4) is 0 Å². The Morgan fingerprint density at radius 2 is 1.55 bits per heavy atom. The summed E-state index contributed by atoms with van der Waals surface area (Å²) in [4.78, 5) is 0. The van der Waals surface area contributed by atoms with Crippen LogP contribution < -0.4 is 0 Å². The Bertz CT molecular complexity index is 279. The molecule has 0 saturated carbocycles. The van der Waals surface area contributed by atoms with Gasteiger partial charge < -0.3 is 4.74 Å². The van der Waals surface area contributed by atoms with E-state index in [0.717, 1.165) is 19.4 Å². The van der Waals surface area contributed by atoms with Crippen molar-refractivity contribution >= 4 is 0 Å². The zero-order valence-corrected chi connectivity index (χ0v) is 13.9. The van der Waals surface area contributed by atoms with Gasteiger partial charge in [-0.2, -0.15) is 0 Å². The third-order valence-corrected chi connectivity index (χ3v) is 3.70. The van der Waals surface area contributed by atoms with Crippen LogP contribution >= 0.6 is 0 Å². The summed E-state index contributed by atoms with van der Waals surface area (Å²) in [5, 5.41) is 0. The molecule has 0 radical (unpaired) electrons. The van der Waals surface area contributed by atoms with Crippen LogP contribution in [0.25, 0.3) is 0 Å². The summed E-state index contributed by atoms with van der Waals surface area (Å²) in [6, 6.07) is 0. The van der Waals surface area contributed by atoms with E-state index in [1.165, 1.54) is 44.9 Å². The fourth-order valence-electron chi connectivity index (χ4n) is 2.29. The Hall–Kier alpha value is -0.560. The molecule has 0 aromatic rings. The van der Waals surface area contributed by atoms with E-state index in [1.54, 1.807) is 0 Å². The minimum absolute atomic E-state index is 0.516. The lowest BCUT2D eigenvalue weighted by molar-refractivity contribution is 0.356. The molecular formula is C19H34O. The van der Waals surface area contributed by atoms with Crippen molar-refractivity contribution in [1.29, 1.82) is 0 Å². The van der Waals surface area contributed by atoms with Gasteiger partial charge in [-0.05, 0) is 37.5 Å². The quantitative estimate of drug-likeness (QED) is 0.254. The van der Waals surface area contributed by atoms with Crippen LogP contribution in [0, 0.1) is 5.41 Å². The maximum Gasteiger partial charge on any atom is 0.0844 e. The first kappa shape index (κ1) is 17.5. The molecule has 1 nitrogen and oxygen atoms in total. The maximum atomic E-state index is 5.16. The van der Waals surface area contributed by atoms with Crippen molar-refractivity contribution in [2.45, 2.75) is 84.7 Å². The second kappa shape index (κ2) is 10.2. The average molecular weight is 278 g/mol.